The molecule has 1 aliphatic rings. The van der Waals surface area contributed by atoms with Crippen molar-refractivity contribution in [2.45, 2.75) is 19.8 Å². The van der Waals surface area contributed by atoms with Gasteiger partial charge in [0.15, 0.2) is 0 Å². The van der Waals surface area contributed by atoms with E-state index < -0.39 is 11.1 Å². The van der Waals surface area contributed by atoms with Crippen molar-refractivity contribution in [1.82, 2.24) is 0 Å². The molecule has 0 amide bonds. The van der Waals surface area contributed by atoms with E-state index in [2.05, 4.69) is 0 Å². The Balaban J connectivity index is 1.92. The number of hydrogen-bond acceptors (Lipinski definition) is 5. The van der Waals surface area contributed by atoms with Crippen molar-refractivity contribution in [3.05, 3.63) is 57.7 Å². The standard InChI is InChI=1S/C15H15NO5/c1-11-9-13(16(18)19)7-8-14(11)21-15(17)20-10-12-5-3-2-4-6-12/h3,5-9H,2,4,10H2,1H3. The zero-order valence-corrected chi connectivity index (χ0v) is 11.6. The number of aryl methyl sites for hydroxylation is 1. The van der Waals surface area contributed by atoms with Crippen molar-refractivity contribution in [3.8, 4) is 5.75 Å². The topological polar surface area (TPSA) is 78.7 Å². The van der Waals surface area contributed by atoms with Crippen LogP contribution in [-0.2, 0) is 4.74 Å². The minimum atomic E-state index is -0.827. The van der Waals surface area contributed by atoms with E-state index in [1.165, 1.54) is 18.2 Å². The number of carbonyl (C=O) groups excluding carboxylic acids is 1. The molecule has 21 heavy (non-hydrogen) atoms. The molecule has 0 radical (unpaired) electrons. The maximum atomic E-state index is 11.6. The number of benzene rings is 1. The zero-order valence-electron chi connectivity index (χ0n) is 11.6. The summed E-state index contributed by atoms with van der Waals surface area (Å²) in [5.41, 5.74) is 1.38. The molecule has 0 aromatic heterocycles. The Labute approximate surface area is 121 Å². The zero-order chi connectivity index (χ0) is 15.2. The van der Waals surface area contributed by atoms with Gasteiger partial charge in [0.25, 0.3) is 5.69 Å². The van der Waals surface area contributed by atoms with Crippen LogP contribution in [0, 0.1) is 17.0 Å². The van der Waals surface area contributed by atoms with Crippen LogP contribution >= 0.6 is 0 Å². The summed E-state index contributed by atoms with van der Waals surface area (Å²) in [6, 6.07) is 4.01. The molecule has 0 bridgehead atoms. The van der Waals surface area contributed by atoms with E-state index in [1.807, 2.05) is 18.2 Å². The second kappa shape index (κ2) is 6.69. The molecule has 6 nitrogen and oxygen atoms in total. The first-order valence-corrected chi connectivity index (χ1v) is 6.51. The van der Waals surface area contributed by atoms with E-state index in [-0.39, 0.29) is 18.0 Å². The van der Waals surface area contributed by atoms with Gasteiger partial charge in [0, 0.05) is 12.1 Å². The number of nitro benzene ring substituents is 1. The Morgan fingerprint density at radius 1 is 1.38 bits per heavy atom. The third-order valence-corrected chi connectivity index (χ3v) is 2.99. The summed E-state index contributed by atoms with van der Waals surface area (Å²) in [6.45, 7) is 1.78. The number of allylic oxidation sites excluding steroid dienone is 2. The fourth-order valence-corrected chi connectivity index (χ4v) is 1.90. The molecule has 1 aromatic rings. The summed E-state index contributed by atoms with van der Waals surface area (Å²) in [7, 11) is 0. The molecule has 0 aliphatic heterocycles. The average Bonchev–Trinajstić information content (AvgIpc) is 2.48. The smallest absolute Gasteiger partial charge is 0.429 e. The summed E-state index contributed by atoms with van der Waals surface area (Å²) in [6.07, 6.45) is 7.04. The van der Waals surface area contributed by atoms with Gasteiger partial charge in [-0.05, 0) is 37.0 Å². The van der Waals surface area contributed by atoms with Crippen molar-refractivity contribution < 1.29 is 19.2 Å². The lowest BCUT2D eigenvalue weighted by Gasteiger charge is -2.09. The van der Waals surface area contributed by atoms with Crippen molar-refractivity contribution >= 4 is 11.8 Å². The van der Waals surface area contributed by atoms with Crippen LogP contribution in [0.4, 0.5) is 10.5 Å². The van der Waals surface area contributed by atoms with Gasteiger partial charge < -0.3 is 9.47 Å². The largest absolute Gasteiger partial charge is 0.514 e. The normalized spacial score (nSPS) is 13.5. The van der Waals surface area contributed by atoms with Gasteiger partial charge in [-0.3, -0.25) is 10.1 Å². The molecule has 2 rings (SSSR count). The number of nitrogens with zero attached hydrogens (tertiary/aromatic N) is 1. The Morgan fingerprint density at radius 2 is 2.19 bits per heavy atom. The molecule has 1 aliphatic carbocycles. The Morgan fingerprint density at radius 3 is 2.81 bits per heavy atom. The van der Waals surface area contributed by atoms with Gasteiger partial charge in [-0.15, -0.1) is 0 Å². The van der Waals surface area contributed by atoms with Gasteiger partial charge in [0.1, 0.15) is 12.4 Å². The molecule has 0 saturated carbocycles. The van der Waals surface area contributed by atoms with Crippen LogP contribution in [0.1, 0.15) is 18.4 Å². The van der Waals surface area contributed by atoms with Gasteiger partial charge in [-0.1, -0.05) is 18.2 Å². The van der Waals surface area contributed by atoms with Gasteiger partial charge >= 0.3 is 6.16 Å². The molecule has 0 heterocycles. The molecule has 6 heteroatoms. The molecule has 0 saturated heterocycles. The Kier molecular flexibility index (Phi) is 4.71. The fraction of sp³-hybridized carbons (Fsp3) is 0.267. The second-order valence-corrected chi connectivity index (χ2v) is 4.61. The summed E-state index contributed by atoms with van der Waals surface area (Å²) >= 11 is 0. The van der Waals surface area contributed by atoms with E-state index in [0.29, 0.717) is 5.56 Å². The minimum Gasteiger partial charge on any atom is -0.429 e. The van der Waals surface area contributed by atoms with Gasteiger partial charge in [0.2, 0.25) is 0 Å². The summed E-state index contributed by atoms with van der Waals surface area (Å²) < 4.78 is 10.0. The Hall–Kier alpha value is -2.63. The SMILES string of the molecule is Cc1cc([N+](=O)[O-])ccc1OC(=O)OCC1=CCCC=C1. The van der Waals surface area contributed by atoms with Crippen LogP contribution in [0.15, 0.2) is 42.0 Å². The lowest BCUT2D eigenvalue weighted by Crippen LogP contribution is -2.13. The van der Waals surface area contributed by atoms with Crippen molar-refractivity contribution in [2.24, 2.45) is 0 Å². The van der Waals surface area contributed by atoms with Crippen LogP contribution in [-0.4, -0.2) is 17.7 Å². The van der Waals surface area contributed by atoms with Crippen LogP contribution in [0.5, 0.6) is 5.75 Å². The van der Waals surface area contributed by atoms with E-state index in [1.54, 1.807) is 6.92 Å². The number of rotatable bonds is 4. The number of ether oxygens (including phenoxy) is 2. The number of nitro groups is 1. The number of non-ortho nitro benzene ring substituents is 1. The third-order valence-electron chi connectivity index (χ3n) is 2.99. The second-order valence-electron chi connectivity index (χ2n) is 4.61. The Bertz CT molecular complexity index is 618. The average molecular weight is 289 g/mol. The van der Waals surface area contributed by atoms with Gasteiger partial charge in [-0.25, -0.2) is 4.79 Å². The highest BCUT2D eigenvalue weighted by molar-refractivity contribution is 5.65. The quantitative estimate of drug-likeness (QED) is 0.365. The molecular formula is C15H15NO5. The lowest BCUT2D eigenvalue weighted by atomic mass is 10.1. The van der Waals surface area contributed by atoms with E-state index in [0.717, 1.165) is 18.4 Å². The first-order valence-electron chi connectivity index (χ1n) is 6.51. The number of hydrogen-bond donors (Lipinski definition) is 0. The van der Waals surface area contributed by atoms with Gasteiger partial charge in [0.05, 0.1) is 4.92 Å². The van der Waals surface area contributed by atoms with E-state index >= 15 is 0 Å². The highest BCUT2D eigenvalue weighted by Gasteiger charge is 2.13. The third kappa shape index (κ3) is 4.17. The highest BCUT2D eigenvalue weighted by Crippen LogP contribution is 2.23. The summed E-state index contributed by atoms with van der Waals surface area (Å²) in [5.74, 6) is 0.249. The fourth-order valence-electron chi connectivity index (χ4n) is 1.90. The lowest BCUT2D eigenvalue weighted by molar-refractivity contribution is -0.384. The summed E-state index contributed by atoms with van der Waals surface area (Å²) in [5, 5.41) is 10.6. The van der Waals surface area contributed by atoms with Crippen molar-refractivity contribution in [2.75, 3.05) is 6.61 Å². The molecule has 1 aromatic carbocycles. The minimum absolute atomic E-state index is 0.0503. The van der Waals surface area contributed by atoms with E-state index in [4.69, 9.17) is 9.47 Å². The highest BCUT2D eigenvalue weighted by atomic mass is 16.7. The predicted octanol–water partition coefficient (Wildman–Crippen LogP) is 3.70. The molecule has 110 valence electrons. The van der Waals surface area contributed by atoms with Crippen LogP contribution in [0.2, 0.25) is 0 Å². The molecule has 0 atom stereocenters. The monoisotopic (exact) mass is 289 g/mol. The molecule has 0 fully saturated rings. The predicted molar refractivity (Wildman–Crippen MR) is 76.3 cm³/mol. The maximum absolute atomic E-state index is 11.6. The van der Waals surface area contributed by atoms with E-state index in [9.17, 15) is 14.9 Å². The first kappa shape index (κ1) is 14.8. The molecule has 0 N–H and O–H groups in total. The summed E-state index contributed by atoms with van der Waals surface area (Å²) in [4.78, 5) is 21.7. The first-order chi connectivity index (χ1) is 10.1. The molecular weight excluding hydrogens is 274 g/mol. The number of carbonyl (C=O) groups is 1. The van der Waals surface area contributed by atoms with Crippen LogP contribution < -0.4 is 4.74 Å². The van der Waals surface area contributed by atoms with Crippen LogP contribution in [0.25, 0.3) is 0 Å². The molecule has 0 spiro atoms. The maximum Gasteiger partial charge on any atom is 0.514 e. The van der Waals surface area contributed by atoms with Crippen LogP contribution in [0.3, 0.4) is 0 Å². The van der Waals surface area contributed by atoms with Gasteiger partial charge in [-0.2, -0.15) is 0 Å². The molecule has 0 unspecified atom stereocenters. The van der Waals surface area contributed by atoms with Crippen molar-refractivity contribution in [1.29, 1.82) is 0 Å². The van der Waals surface area contributed by atoms with Crippen molar-refractivity contribution in [3.63, 3.8) is 0 Å².